The predicted molar refractivity (Wildman–Crippen MR) is 219 cm³/mol. The number of hydrogen-bond acceptors (Lipinski definition) is 12. The minimum absolute atomic E-state index is 0.0458. The second-order valence-corrected chi connectivity index (χ2v) is 15.7. The summed E-state index contributed by atoms with van der Waals surface area (Å²) in [7, 11) is 1.68. The van der Waals surface area contributed by atoms with Crippen molar-refractivity contribution in [2.45, 2.75) is 64.4 Å². The van der Waals surface area contributed by atoms with E-state index in [0.29, 0.717) is 49.4 Å². The van der Waals surface area contributed by atoms with E-state index in [9.17, 15) is 24.8 Å². The zero-order valence-electron chi connectivity index (χ0n) is 34.0. The summed E-state index contributed by atoms with van der Waals surface area (Å²) in [4.78, 5) is 44.3. The van der Waals surface area contributed by atoms with Crippen LogP contribution in [-0.2, 0) is 30.4 Å². The predicted octanol–water partition coefficient (Wildman–Crippen LogP) is 6.21. The number of nitrogens with zero attached hydrogens (tertiary/aromatic N) is 3. The Bertz CT molecular complexity index is 1830. The van der Waals surface area contributed by atoms with Gasteiger partial charge in [-0.05, 0) is 59.4 Å². The third kappa shape index (κ3) is 13.0. The normalized spacial score (nSPS) is 19.0. The van der Waals surface area contributed by atoms with Crippen LogP contribution in [-0.4, -0.2) is 118 Å². The summed E-state index contributed by atoms with van der Waals surface area (Å²) in [6, 6.07) is 20.1. The molecule has 2 N–H and O–H groups in total. The van der Waals surface area contributed by atoms with Crippen molar-refractivity contribution in [3.63, 3.8) is 0 Å². The zero-order chi connectivity index (χ0) is 42.4. The van der Waals surface area contributed by atoms with Crippen molar-refractivity contribution in [3.05, 3.63) is 93.0 Å². The molecule has 17 heteroatoms. The molecule has 0 saturated carbocycles. The number of hydrogen-bond donors (Lipinski definition) is 2. The van der Waals surface area contributed by atoms with E-state index in [1.54, 1.807) is 13.2 Å². The molecule has 2 aliphatic rings. The van der Waals surface area contributed by atoms with E-state index in [0.717, 1.165) is 42.1 Å². The van der Waals surface area contributed by atoms with E-state index < -0.39 is 53.3 Å². The lowest BCUT2D eigenvalue weighted by molar-refractivity contribution is -0.757. The van der Waals surface area contributed by atoms with Crippen LogP contribution >= 0.6 is 11.6 Å². The minimum atomic E-state index is -1.15. The van der Waals surface area contributed by atoms with Gasteiger partial charge >= 0.3 is 6.09 Å². The molecule has 0 radical (unpaired) electrons. The van der Waals surface area contributed by atoms with Gasteiger partial charge in [0.1, 0.15) is 37.1 Å². The molecule has 3 aromatic carbocycles. The molecule has 2 heterocycles. The van der Waals surface area contributed by atoms with Gasteiger partial charge in [0.2, 0.25) is 5.91 Å². The topological polar surface area (TPSA) is 181 Å². The van der Waals surface area contributed by atoms with Crippen molar-refractivity contribution < 1.29 is 53.0 Å². The van der Waals surface area contributed by atoms with Crippen LogP contribution in [0.1, 0.15) is 50.7 Å². The van der Waals surface area contributed by atoms with Crippen LogP contribution in [0.4, 0.5) is 10.5 Å². The zero-order valence-corrected chi connectivity index (χ0v) is 34.8. The minimum Gasteiger partial charge on any atom is -0.493 e. The van der Waals surface area contributed by atoms with Crippen LogP contribution in [0.25, 0.3) is 0 Å². The number of fused-ring (bicyclic) bond motifs is 1. The molecule has 1 unspecified atom stereocenters. The van der Waals surface area contributed by atoms with Crippen molar-refractivity contribution >= 4 is 29.3 Å². The van der Waals surface area contributed by atoms with Crippen LogP contribution < -0.4 is 24.4 Å². The van der Waals surface area contributed by atoms with Crippen molar-refractivity contribution in [3.8, 4) is 17.2 Å². The highest BCUT2D eigenvalue weighted by Gasteiger charge is 2.51. The van der Waals surface area contributed by atoms with Crippen LogP contribution in [0.5, 0.6) is 17.2 Å². The Morgan fingerprint density at radius 3 is 2.47 bits per heavy atom. The Hall–Kier alpha value is -5.03. The van der Waals surface area contributed by atoms with E-state index in [1.807, 2.05) is 81.4 Å². The third-order valence-electron chi connectivity index (χ3n) is 10.1. The lowest BCUT2D eigenvalue weighted by Gasteiger charge is -2.52. The molecule has 4 atom stereocenters. The van der Waals surface area contributed by atoms with Crippen LogP contribution in [0.15, 0.2) is 66.7 Å². The van der Waals surface area contributed by atoms with E-state index in [2.05, 4.69) is 15.1 Å². The molecule has 0 aromatic heterocycles. The number of piperidine rings is 1. The molecule has 2 aliphatic heterocycles. The second kappa shape index (κ2) is 21.8. The van der Waals surface area contributed by atoms with Gasteiger partial charge in [-0.3, -0.25) is 9.69 Å². The number of methoxy groups -OCH3 is 1. The quantitative estimate of drug-likeness (QED) is 0.0703. The summed E-state index contributed by atoms with van der Waals surface area (Å²) >= 11 is 6.20. The fraction of sp³-hybridized carbons (Fsp3) is 0.524. The molecule has 1 fully saturated rings. The highest BCUT2D eigenvalue weighted by Crippen LogP contribution is 2.43. The van der Waals surface area contributed by atoms with Crippen LogP contribution in [0.2, 0.25) is 5.02 Å². The summed E-state index contributed by atoms with van der Waals surface area (Å²) in [5.41, 5.74) is 2.05. The van der Waals surface area contributed by atoms with Gasteiger partial charge in [0.15, 0.2) is 0 Å². The second-order valence-electron chi connectivity index (χ2n) is 15.3. The van der Waals surface area contributed by atoms with Crippen LogP contribution in [0, 0.1) is 15.5 Å². The number of benzene rings is 3. The van der Waals surface area contributed by atoms with Gasteiger partial charge in [0, 0.05) is 39.1 Å². The van der Waals surface area contributed by atoms with Gasteiger partial charge in [-0.15, -0.1) is 10.1 Å². The standard InChI is InChI=1S/C42H55ClN4O12/c1-42(2,3)40-39(58-27-29-11-16-35-33(25-29)45(19-24-56-35)18-7-20-53-4)38(36(26-46(40)41(49)50)57-28-37(48)44-17-23-59-47(51)52)30-12-14-31(15-13-30)54-21-8-22-55-34-10-6-5-9-32(34)43/h5-6,9-16,25,36,38-40H,7-8,17-24,26-28H2,1-4H3,(H,44,48)(H,49,50)/t36-,38-,39-,40?/m1/s1. The van der Waals surface area contributed by atoms with E-state index >= 15 is 0 Å². The number of nitrogens with one attached hydrogen (secondary N) is 1. The monoisotopic (exact) mass is 842 g/mol. The molecule has 5 rings (SSSR count). The molecular formula is C42H55ClN4O12. The number of carbonyl (C=O) groups is 2. The summed E-state index contributed by atoms with van der Waals surface area (Å²) in [6.45, 7) is 8.71. The summed E-state index contributed by atoms with van der Waals surface area (Å²) in [5.74, 6) is 0.937. The first kappa shape index (κ1) is 45.1. The van der Waals surface area contributed by atoms with Crippen LogP contribution in [0.3, 0.4) is 0 Å². The molecular weight excluding hydrogens is 788 g/mol. The lowest BCUT2D eigenvalue weighted by atomic mass is 9.71. The molecule has 1 saturated heterocycles. The first-order valence-corrected chi connectivity index (χ1v) is 20.1. The fourth-order valence-corrected chi connectivity index (χ4v) is 7.67. The van der Waals surface area contributed by atoms with Gasteiger partial charge in [-0.25, -0.2) is 4.79 Å². The average molecular weight is 843 g/mol. The fourth-order valence-electron chi connectivity index (χ4n) is 7.48. The molecule has 2 amide bonds. The Labute approximate surface area is 349 Å². The van der Waals surface area contributed by atoms with E-state index in [1.165, 1.54) is 4.90 Å². The number of para-hydroxylation sites is 1. The largest absolute Gasteiger partial charge is 0.493 e. The highest BCUT2D eigenvalue weighted by atomic mass is 35.5. The van der Waals surface area contributed by atoms with Gasteiger partial charge in [0.25, 0.3) is 5.09 Å². The van der Waals surface area contributed by atoms with Gasteiger partial charge in [-0.1, -0.05) is 62.7 Å². The number of ether oxygens (including phenoxy) is 6. The number of anilines is 1. The van der Waals surface area contributed by atoms with E-state index in [-0.39, 0.29) is 26.3 Å². The van der Waals surface area contributed by atoms with Crippen molar-refractivity contribution in [2.75, 3.05) is 77.8 Å². The molecule has 0 bridgehead atoms. The Kier molecular flexibility index (Phi) is 16.7. The van der Waals surface area contributed by atoms with Gasteiger partial charge in [0.05, 0.1) is 61.9 Å². The summed E-state index contributed by atoms with van der Waals surface area (Å²) in [6.07, 6.45) is -1.24. The van der Waals surface area contributed by atoms with Gasteiger partial charge in [-0.2, -0.15) is 0 Å². The van der Waals surface area contributed by atoms with Crippen molar-refractivity contribution in [1.29, 1.82) is 0 Å². The third-order valence-corrected chi connectivity index (χ3v) is 10.4. The molecule has 0 spiro atoms. The maximum Gasteiger partial charge on any atom is 0.407 e. The van der Waals surface area contributed by atoms with Crippen molar-refractivity contribution in [2.24, 2.45) is 5.41 Å². The van der Waals surface area contributed by atoms with E-state index in [4.69, 9.17) is 40.0 Å². The van der Waals surface area contributed by atoms with Gasteiger partial charge < -0.3 is 48.6 Å². The lowest BCUT2D eigenvalue weighted by Crippen LogP contribution is -2.64. The Balaban J connectivity index is 1.39. The molecule has 59 heavy (non-hydrogen) atoms. The molecule has 16 nitrogen and oxygen atoms in total. The Morgan fingerprint density at radius 1 is 1.00 bits per heavy atom. The Morgan fingerprint density at radius 2 is 1.76 bits per heavy atom. The number of likely N-dealkylation sites (tertiary alicyclic amines) is 1. The molecule has 3 aromatic rings. The maximum absolute atomic E-state index is 13.0. The number of amides is 2. The maximum atomic E-state index is 13.0. The molecule has 322 valence electrons. The summed E-state index contributed by atoms with van der Waals surface area (Å²) < 4.78 is 36.2. The SMILES string of the molecule is COCCCN1CCOc2ccc(CO[C@H]3C(C(C)(C)C)N(C(=O)O)C[C@@H](OCC(=O)NCCO[N+](=O)[O-])[C@H]3c3ccc(OCCCOc4ccccc4Cl)cc3)cc21. The smallest absolute Gasteiger partial charge is 0.407 e. The molecule has 0 aliphatic carbocycles. The summed E-state index contributed by atoms with van der Waals surface area (Å²) in [5, 5.41) is 23.3. The first-order chi connectivity index (χ1) is 28.3. The number of carboxylic acid groups (broad SMARTS) is 1. The number of rotatable bonds is 21. The number of carbonyl (C=O) groups excluding carboxylic acids is 1. The highest BCUT2D eigenvalue weighted by molar-refractivity contribution is 6.32. The number of halogens is 1. The first-order valence-electron chi connectivity index (χ1n) is 19.7. The average Bonchev–Trinajstić information content (AvgIpc) is 3.21. The van der Waals surface area contributed by atoms with Crippen molar-refractivity contribution in [1.82, 2.24) is 10.2 Å².